The summed E-state index contributed by atoms with van der Waals surface area (Å²) in [4.78, 5) is 17.2. The molecule has 2 rings (SSSR count). The molecule has 1 aliphatic heterocycles. The van der Waals surface area contributed by atoms with Gasteiger partial charge in [0.1, 0.15) is 0 Å². The van der Waals surface area contributed by atoms with Crippen LogP contribution in [0.25, 0.3) is 0 Å². The van der Waals surface area contributed by atoms with Crippen LogP contribution in [0.15, 0.2) is 22.9 Å². The van der Waals surface area contributed by atoms with Crippen molar-refractivity contribution in [3.05, 3.63) is 22.9 Å². The average Bonchev–Trinajstić information content (AvgIpc) is 2.30. The highest BCUT2D eigenvalue weighted by Crippen LogP contribution is 2.29. The highest BCUT2D eigenvalue weighted by molar-refractivity contribution is 9.10. The molecule has 0 aromatic carbocycles. The summed E-state index contributed by atoms with van der Waals surface area (Å²) in [5, 5.41) is 0. The van der Waals surface area contributed by atoms with E-state index in [1.165, 1.54) is 5.69 Å². The predicted octanol–water partition coefficient (Wildman–Crippen LogP) is 1.94. The molecule has 92 valence electrons. The lowest BCUT2D eigenvalue weighted by Gasteiger charge is -2.33. The Balaban J connectivity index is 1.95. The molecule has 4 nitrogen and oxygen atoms in total. The molecule has 0 atom stereocenters. The zero-order valence-electron chi connectivity index (χ0n) is 9.60. The van der Waals surface area contributed by atoms with Crippen LogP contribution in [-0.2, 0) is 4.79 Å². The number of nitrogens with zero attached hydrogens (tertiary/aromatic N) is 2. The second kappa shape index (κ2) is 5.49. The first-order valence-electron chi connectivity index (χ1n) is 5.79. The van der Waals surface area contributed by atoms with E-state index >= 15 is 0 Å². The standard InChI is InChI=1S/C12H16BrN3O/c13-10-8-15-4-1-11(10)16-5-2-9(3-6-16)7-12(14)17/h1,4,8-9H,2-3,5-7H2,(H2,14,17). The topological polar surface area (TPSA) is 59.2 Å². The minimum Gasteiger partial charge on any atom is -0.371 e. The second-order valence-electron chi connectivity index (χ2n) is 4.43. The molecule has 0 bridgehead atoms. The van der Waals surface area contributed by atoms with Crippen molar-refractivity contribution in [2.24, 2.45) is 11.7 Å². The number of aromatic nitrogens is 1. The summed E-state index contributed by atoms with van der Waals surface area (Å²) < 4.78 is 1.02. The molecule has 1 fully saturated rings. The van der Waals surface area contributed by atoms with Crippen molar-refractivity contribution >= 4 is 27.5 Å². The highest BCUT2D eigenvalue weighted by atomic mass is 79.9. The van der Waals surface area contributed by atoms with Crippen molar-refractivity contribution < 1.29 is 4.79 Å². The molecule has 0 unspecified atom stereocenters. The Morgan fingerprint density at radius 2 is 2.24 bits per heavy atom. The van der Waals surface area contributed by atoms with Crippen molar-refractivity contribution in [1.82, 2.24) is 4.98 Å². The molecular formula is C12H16BrN3O. The number of hydrogen-bond acceptors (Lipinski definition) is 3. The quantitative estimate of drug-likeness (QED) is 0.927. The number of rotatable bonds is 3. The fraction of sp³-hybridized carbons (Fsp3) is 0.500. The third-order valence-electron chi connectivity index (χ3n) is 3.20. The second-order valence-corrected chi connectivity index (χ2v) is 5.28. The van der Waals surface area contributed by atoms with Crippen LogP contribution in [0, 0.1) is 5.92 Å². The highest BCUT2D eigenvalue weighted by Gasteiger charge is 2.21. The molecule has 2 heterocycles. The van der Waals surface area contributed by atoms with E-state index in [-0.39, 0.29) is 5.91 Å². The van der Waals surface area contributed by atoms with Crippen LogP contribution in [0.2, 0.25) is 0 Å². The number of carbonyl (C=O) groups is 1. The van der Waals surface area contributed by atoms with E-state index in [1.807, 2.05) is 12.3 Å². The number of piperidine rings is 1. The van der Waals surface area contributed by atoms with Gasteiger partial charge in [-0.3, -0.25) is 9.78 Å². The molecule has 1 amide bonds. The molecular weight excluding hydrogens is 282 g/mol. The van der Waals surface area contributed by atoms with Gasteiger partial charge >= 0.3 is 0 Å². The van der Waals surface area contributed by atoms with Gasteiger partial charge in [0, 0.05) is 31.9 Å². The van der Waals surface area contributed by atoms with E-state index in [4.69, 9.17) is 5.73 Å². The molecule has 2 N–H and O–H groups in total. The van der Waals surface area contributed by atoms with Gasteiger partial charge in [0.2, 0.25) is 5.91 Å². The molecule has 1 aromatic rings. The average molecular weight is 298 g/mol. The van der Waals surface area contributed by atoms with E-state index in [2.05, 4.69) is 25.8 Å². The van der Waals surface area contributed by atoms with Crippen molar-refractivity contribution in [1.29, 1.82) is 0 Å². The number of carbonyl (C=O) groups excluding carboxylic acids is 1. The zero-order valence-corrected chi connectivity index (χ0v) is 11.2. The summed E-state index contributed by atoms with van der Waals surface area (Å²) >= 11 is 3.51. The number of amides is 1. The van der Waals surface area contributed by atoms with Crippen molar-refractivity contribution in [3.63, 3.8) is 0 Å². The summed E-state index contributed by atoms with van der Waals surface area (Å²) in [5.41, 5.74) is 6.40. The Bertz CT molecular complexity index is 402. The number of anilines is 1. The maximum absolute atomic E-state index is 10.9. The monoisotopic (exact) mass is 297 g/mol. The summed E-state index contributed by atoms with van der Waals surface area (Å²) in [6.45, 7) is 1.95. The van der Waals surface area contributed by atoms with Crippen molar-refractivity contribution in [2.75, 3.05) is 18.0 Å². The van der Waals surface area contributed by atoms with Gasteiger partial charge in [-0.15, -0.1) is 0 Å². The van der Waals surface area contributed by atoms with Crippen LogP contribution < -0.4 is 10.6 Å². The molecule has 1 aliphatic rings. The van der Waals surface area contributed by atoms with Gasteiger partial charge in [0.25, 0.3) is 0 Å². The zero-order chi connectivity index (χ0) is 12.3. The maximum Gasteiger partial charge on any atom is 0.217 e. The number of halogens is 1. The summed E-state index contributed by atoms with van der Waals surface area (Å²) in [6.07, 6.45) is 6.18. The summed E-state index contributed by atoms with van der Waals surface area (Å²) in [6, 6.07) is 2.01. The van der Waals surface area contributed by atoms with E-state index in [0.717, 1.165) is 30.4 Å². The van der Waals surface area contributed by atoms with Gasteiger partial charge in [-0.1, -0.05) is 0 Å². The lowest BCUT2D eigenvalue weighted by molar-refractivity contribution is -0.119. The summed E-state index contributed by atoms with van der Waals surface area (Å²) in [7, 11) is 0. The maximum atomic E-state index is 10.9. The minimum absolute atomic E-state index is 0.187. The Morgan fingerprint density at radius 3 is 2.82 bits per heavy atom. The smallest absolute Gasteiger partial charge is 0.217 e. The predicted molar refractivity (Wildman–Crippen MR) is 70.7 cm³/mol. The number of primary amides is 1. The fourth-order valence-corrected chi connectivity index (χ4v) is 2.79. The summed E-state index contributed by atoms with van der Waals surface area (Å²) in [5.74, 6) is 0.262. The molecule has 0 aliphatic carbocycles. The third kappa shape index (κ3) is 3.19. The minimum atomic E-state index is -0.187. The van der Waals surface area contributed by atoms with E-state index in [9.17, 15) is 4.79 Å². The van der Waals surface area contributed by atoms with Gasteiger partial charge < -0.3 is 10.6 Å². The molecule has 5 heteroatoms. The SMILES string of the molecule is NC(=O)CC1CCN(c2ccncc2Br)CC1. The van der Waals surface area contributed by atoms with Crippen LogP contribution in [0.5, 0.6) is 0 Å². The van der Waals surface area contributed by atoms with Crippen LogP contribution in [0.4, 0.5) is 5.69 Å². The van der Waals surface area contributed by atoms with Gasteiger partial charge in [-0.25, -0.2) is 0 Å². The lowest BCUT2D eigenvalue weighted by atomic mass is 9.93. The van der Waals surface area contributed by atoms with Crippen molar-refractivity contribution in [3.8, 4) is 0 Å². The van der Waals surface area contributed by atoms with Crippen LogP contribution >= 0.6 is 15.9 Å². The van der Waals surface area contributed by atoms with Gasteiger partial charge in [-0.05, 0) is 40.8 Å². The van der Waals surface area contributed by atoms with E-state index in [1.54, 1.807) is 6.20 Å². The largest absolute Gasteiger partial charge is 0.371 e. The van der Waals surface area contributed by atoms with Gasteiger partial charge in [-0.2, -0.15) is 0 Å². The molecule has 17 heavy (non-hydrogen) atoms. The Kier molecular flexibility index (Phi) is 3.99. The van der Waals surface area contributed by atoms with Crippen molar-refractivity contribution in [2.45, 2.75) is 19.3 Å². The first-order chi connectivity index (χ1) is 8.16. The van der Waals surface area contributed by atoms with Crippen LogP contribution in [0.3, 0.4) is 0 Å². The van der Waals surface area contributed by atoms with E-state index in [0.29, 0.717) is 12.3 Å². The fourth-order valence-electron chi connectivity index (χ4n) is 2.29. The Morgan fingerprint density at radius 1 is 1.53 bits per heavy atom. The molecule has 0 saturated carbocycles. The van der Waals surface area contributed by atoms with Crippen LogP contribution in [0.1, 0.15) is 19.3 Å². The number of pyridine rings is 1. The van der Waals surface area contributed by atoms with Gasteiger partial charge in [0.15, 0.2) is 0 Å². The Labute approximate surface area is 109 Å². The van der Waals surface area contributed by atoms with Gasteiger partial charge in [0.05, 0.1) is 10.2 Å². The number of nitrogens with two attached hydrogens (primary N) is 1. The molecule has 0 spiro atoms. The first-order valence-corrected chi connectivity index (χ1v) is 6.59. The number of hydrogen-bond donors (Lipinski definition) is 1. The third-order valence-corrected chi connectivity index (χ3v) is 3.81. The molecule has 1 aromatic heterocycles. The Hall–Kier alpha value is -1.10. The van der Waals surface area contributed by atoms with Crippen LogP contribution in [-0.4, -0.2) is 24.0 Å². The normalized spacial score (nSPS) is 17.1. The lowest BCUT2D eigenvalue weighted by Crippen LogP contribution is -2.35. The molecule has 1 saturated heterocycles. The van der Waals surface area contributed by atoms with E-state index < -0.39 is 0 Å². The molecule has 0 radical (unpaired) electrons. The first kappa shape index (κ1) is 12.4.